The lowest BCUT2D eigenvalue weighted by Gasteiger charge is -2.23. The van der Waals surface area contributed by atoms with Gasteiger partial charge in [-0.15, -0.1) is 0 Å². The number of nitriles is 1. The zero-order valence-electron chi connectivity index (χ0n) is 24.2. The molecular formula is C33H28BrN3O6S. The van der Waals surface area contributed by atoms with Gasteiger partial charge in [-0.05, 0) is 77.3 Å². The Labute approximate surface area is 266 Å². The number of rotatable bonds is 10. The van der Waals surface area contributed by atoms with Crippen molar-refractivity contribution in [1.82, 2.24) is 4.57 Å². The molecule has 2 heterocycles. The van der Waals surface area contributed by atoms with E-state index in [1.54, 1.807) is 30.3 Å². The van der Waals surface area contributed by atoms with Crippen LogP contribution in [0.1, 0.15) is 42.1 Å². The molecule has 1 aliphatic heterocycles. The molecule has 5 rings (SSSR count). The lowest BCUT2D eigenvalue weighted by atomic mass is 9.97. The van der Waals surface area contributed by atoms with E-state index in [1.807, 2.05) is 50.2 Å². The minimum Gasteiger partial charge on any atom is -0.490 e. The average molecular weight is 675 g/mol. The van der Waals surface area contributed by atoms with Gasteiger partial charge in [0.1, 0.15) is 12.4 Å². The summed E-state index contributed by atoms with van der Waals surface area (Å²) in [5.41, 5.74) is 2.68. The summed E-state index contributed by atoms with van der Waals surface area (Å²) in [6.07, 6.45) is 3.22. The van der Waals surface area contributed by atoms with Gasteiger partial charge in [0.05, 0.1) is 52.6 Å². The number of ether oxygens (including phenoxy) is 4. The molecule has 0 saturated heterocycles. The smallest absolute Gasteiger partial charge is 0.337 e. The highest BCUT2D eigenvalue weighted by Crippen LogP contribution is 2.35. The second-order valence-electron chi connectivity index (χ2n) is 9.50. The molecule has 224 valence electrons. The summed E-state index contributed by atoms with van der Waals surface area (Å²) in [6.45, 7) is 4.86. The number of carbonyl (C=O) groups excluding carboxylic acids is 1. The fourth-order valence-electron chi connectivity index (χ4n) is 4.77. The third-order valence-electron chi connectivity index (χ3n) is 6.78. The number of hydrogen-bond acceptors (Lipinski definition) is 9. The van der Waals surface area contributed by atoms with Gasteiger partial charge in [-0.25, -0.2) is 9.79 Å². The van der Waals surface area contributed by atoms with E-state index in [9.17, 15) is 14.9 Å². The Morgan fingerprint density at radius 3 is 2.52 bits per heavy atom. The molecule has 1 aliphatic rings. The summed E-state index contributed by atoms with van der Waals surface area (Å²) in [5.74, 6) is 1.09. The standard InChI is InChI=1S/C33H28BrN3O6S/c1-4-41-27-13-11-21(16-28(27)42-5-2)30-24(32(39)40-3)18-36-33-37(30)31(38)29(44-33)15-20-10-12-26(25(34)14-20)43-19-23-9-7-6-8-22(23)17-35/h6-16,18,30H,4-5,19H2,1-3H3/b29-15-/t30-/m1/s1. The van der Waals surface area contributed by atoms with Gasteiger partial charge < -0.3 is 18.9 Å². The van der Waals surface area contributed by atoms with Gasteiger partial charge in [-0.2, -0.15) is 5.26 Å². The lowest BCUT2D eigenvalue weighted by Crippen LogP contribution is -2.39. The Kier molecular flexibility index (Phi) is 9.62. The van der Waals surface area contributed by atoms with E-state index in [0.29, 0.717) is 55.4 Å². The molecule has 0 saturated carbocycles. The van der Waals surface area contributed by atoms with E-state index in [2.05, 4.69) is 27.0 Å². The van der Waals surface area contributed by atoms with Crippen LogP contribution in [0.3, 0.4) is 0 Å². The highest BCUT2D eigenvalue weighted by atomic mass is 79.9. The fraction of sp³-hybridized carbons (Fsp3) is 0.212. The maximum Gasteiger partial charge on any atom is 0.337 e. The predicted octanol–water partition coefficient (Wildman–Crippen LogP) is 5.03. The van der Waals surface area contributed by atoms with Gasteiger partial charge in [0.25, 0.3) is 5.56 Å². The van der Waals surface area contributed by atoms with E-state index >= 15 is 0 Å². The van der Waals surface area contributed by atoms with Crippen LogP contribution in [0.25, 0.3) is 6.08 Å². The highest BCUT2D eigenvalue weighted by molar-refractivity contribution is 9.10. The number of methoxy groups -OCH3 is 1. The van der Waals surface area contributed by atoms with Crippen LogP contribution in [0.5, 0.6) is 17.2 Å². The molecular weight excluding hydrogens is 646 g/mol. The van der Waals surface area contributed by atoms with E-state index in [1.165, 1.54) is 29.2 Å². The second-order valence-corrected chi connectivity index (χ2v) is 11.4. The van der Waals surface area contributed by atoms with Crippen LogP contribution in [-0.4, -0.2) is 30.9 Å². The van der Waals surface area contributed by atoms with Gasteiger partial charge in [-0.3, -0.25) is 9.36 Å². The summed E-state index contributed by atoms with van der Waals surface area (Å²) in [6, 6.07) is 19.5. The Hall–Kier alpha value is -4.66. The molecule has 0 spiro atoms. The third-order valence-corrected chi connectivity index (χ3v) is 8.40. The van der Waals surface area contributed by atoms with Crippen molar-refractivity contribution in [1.29, 1.82) is 5.26 Å². The Bertz CT molecular complexity index is 1970. The molecule has 3 aromatic carbocycles. The molecule has 0 bridgehead atoms. The molecule has 0 amide bonds. The maximum atomic E-state index is 13.9. The van der Waals surface area contributed by atoms with Crippen LogP contribution in [-0.2, 0) is 16.1 Å². The maximum absolute atomic E-state index is 13.9. The SMILES string of the molecule is CCOc1ccc([C@@H]2C(C(=O)OC)=CN=c3s/c(=C\c4ccc(OCc5ccccc5C#N)c(Br)c4)c(=O)n32)cc1OCC. The normalized spacial score (nSPS) is 14.1. The first-order valence-electron chi connectivity index (χ1n) is 13.8. The first-order chi connectivity index (χ1) is 21.4. The van der Waals surface area contributed by atoms with Gasteiger partial charge in [0.15, 0.2) is 16.3 Å². The highest BCUT2D eigenvalue weighted by Gasteiger charge is 2.31. The second kappa shape index (κ2) is 13.8. The number of benzene rings is 3. The minimum atomic E-state index is -0.783. The molecule has 1 aromatic heterocycles. The van der Waals surface area contributed by atoms with Crippen LogP contribution in [0.2, 0.25) is 0 Å². The molecule has 0 aliphatic carbocycles. The molecule has 0 unspecified atom stereocenters. The number of nitrogens with zero attached hydrogens (tertiary/aromatic N) is 3. The number of esters is 1. The van der Waals surface area contributed by atoms with Gasteiger partial charge in [-0.1, -0.05) is 41.7 Å². The monoisotopic (exact) mass is 673 g/mol. The average Bonchev–Trinajstić information content (AvgIpc) is 3.35. The van der Waals surface area contributed by atoms with Crippen molar-refractivity contribution in [3.8, 4) is 23.3 Å². The molecule has 9 nitrogen and oxygen atoms in total. The zero-order chi connectivity index (χ0) is 31.2. The van der Waals surface area contributed by atoms with Crippen LogP contribution in [0.4, 0.5) is 0 Å². The third kappa shape index (κ3) is 6.32. The van der Waals surface area contributed by atoms with E-state index < -0.39 is 12.0 Å². The topological polar surface area (TPSA) is 112 Å². The van der Waals surface area contributed by atoms with Crippen molar-refractivity contribution in [3.05, 3.63) is 119 Å². The first kappa shape index (κ1) is 30.8. The number of thiazole rings is 1. The molecule has 44 heavy (non-hydrogen) atoms. The number of halogens is 1. The fourth-order valence-corrected chi connectivity index (χ4v) is 6.25. The van der Waals surface area contributed by atoms with E-state index in [0.717, 1.165) is 11.1 Å². The largest absolute Gasteiger partial charge is 0.490 e. The summed E-state index contributed by atoms with van der Waals surface area (Å²) in [5, 5.41) is 9.34. The molecule has 1 atom stereocenters. The Balaban J connectivity index is 1.51. The van der Waals surface area contributed by atoms with Crippen LogP contribution < -0.4 is 29.1 Å². The van der Waals surface area contributed by atoms with Crippen LogP contribution in [0, 0.1) is 11.3 Å². The number of fused-ring (bicyclic) bond motifs is 1. The predicted molar refractivity (Wildman–Crippen MR) is 170 cm³/mol. The zero-order valence-corrected chi connectivity index (χ0v) is 26.6. The van der Waals surface area contributed by atoms with E-state index in [-0.39, 0.29) is 17.7 Å². The molecule has 0 fully saturated rings. The lowest BCUT2D eigenvalue weighted by molar-refractivity contribution is -0.136. The minimum absolute atomic E-state index is 0.222. The summed E-state index contributed by atoms with van der Waals surface area (Å²) < 4.78 is 25.2. The van der Waals surface area contributed by atoms with Crippen molar-refractivity contribution < 1.29 is 23.7 Å². The van der Waals surface area contributed by atoms with Crippen molar-refractivity contribution >= 4 is 39.3 Å². The van der Waals surface area contributed by atoms with Gasteiger partial charge in [0.2, 0.25) is 0 Å². The molecule has 0 radical (unpaired) electrons. The van der Waals surface area contributed by atoms with Crippen molar-refractivity contribution in [2.24, 2.45) is 4.99 Å². The summed E-state index contributed by atoms with van der Waals surface area (Å²) in [4.78, 5) is 31.6. The van der Waals surface area contributed by atoms with Crippen LogP contribution in [0.15, 0.2) is 86.7 Å². The number of carbonyl (C=O) groups is 1. The van der Waals surface area contributed by atoms with Crippen molar-refractivity contribution in [3.63, 3.8) is 0 Å². The summed E-state index contributed by atoms with van der Waals surface area (Å²) >= 11 is 4.79. The molecule has 11 heteroatoms. The number of aromatic nitrogens is 1. The van der Waals surface area contributed by atoms with Gasteiger partial charge in [0, 0.05) is 11.8 Å². The summed E-state index contributed by atoms with van der Waals surface area (Å²) in [7, 11) is 1.29. The van der Waals surface area contributed by atoms with Crippen molar-refractivity contribution in [2.75, 3.05) is 20.3 Å². The molecule has 0 N–H and O–H groups in total. The van der Waals surface area contributed by atoms with E-state index in [4.69, 9.17) is 18.9 Å². The first-order valence-corrected chi connectivity index (χ1v) is 15.4. The quantitative estimate of drug-likeness (QED) is 0.217. The van der Waals surface area contributed by atoms with Gasteiger partial charge >= 0.3 is 5.97 Å². The Morgan fingerprint density at radius 1 is 1.05 bits per heavy atom. The Morgan fingerprint density at radius 2 is 1.80 bits per heavy atom. The number of hydrogen-bond donors (Lipinski definition) is 0. The van der Waals surface area contributed by atoms with Crippen molar-refractivity contribution in [2.45, 2.75) is 26.5 Å². The van der Waals surface area contributed by atoms with Crippen LogP contribution >= 0.6 is 27.3 Å². The molecule has 4 aromatic rings.